The van der Waals surface area contributed by atoms with E-state index in [9.17, 15) is 4.79 Å². The molecule has 136 valence electrons. The maximum Gasteiger partial charge on any atom is 0.232 e. The quantitative estimate of drug-likeness (QED) is 0.830. The van der Waals surface area contributed by atoms with Crippen LogP contribution in [-0.4, -0.2) is 40.7 Å². The highest BCUT2D eigenvalue weighted by molar-refractivity contribution is 7.99. The predicted octanol–water partition coefficient (Wildman–Crippen LogP) is 3.34. The number of nitrogens with two attached hydrogens (primary N) is 1. The average Bonchev–Trinajstić information content (AvgIpc) is 3.11. The molecule has 1 unspecified atom stereocenters. The number of hydrogen-bond acceptors (Lipinski definition) is 5. The number of aromatic nitrogens is 1. The topological polar surface area (TPSA) is 72.4 Å². The van der Waals surface area contributed by atoms with Gasteiger partial charge in [0.05, 0.1) is 11.4 Å². The van der Waals surface area contributed by atoms with E-state index in [1.165, 1.54) is 6.42 Å². The minimum atomic E-state index is 0. The van der Waals surface area contributed by atoms with E-state index in [0.29, 0.717) is 23.9 Å². The van der Waals surface area contributed by atoms with Crippen LogP contribution in [0.5, 0.6) is 0 Å². The minimum Gasteiger partial charge on any atom is -0.444 e. The Bertz CT molecular complexity index is 665. The molecule has 1 fully saturated rings. The van der Waals surface area contributed by atoms with Crippen LogP contribution < -0.4 is 5.73 Å². The molecular weight excluding hydrogens is 358 g/mol. The van der Waals surface area contributed by atoms with Crippen LogP contribution in [-0.2, 0) is 10.5 Å². The fourth-order valence-electron chi connectivity index (χ4n) is 2.99. The zero-order chi connectivity index (χ0) is 16.8. The molecule has 1 amide bonds. The van der Waals surface area contributed by atoms with Crippen molar-refractivity contribution in [3.05, 3.63) is 42.3 Å². The number of likely N-dealkylation sites (tertiary alicyclic amines) is 1. The summed E-state index contributed by atoms with van der Waals surface area (Å²) >= 11 is 1.57. The second-order valence-electron chi connectivity index (χ2n) is 5.98. The van der Waals surface area contributed by atoms with Gasteiger partial charge in [-0.2, -0.15) is 0 Å². The number of thioether (sulfide) groups is 1. The summed E-state index contributed by atoms with van der Waals surface area (Å²) in [6.07, 6.45) is 4.94. The van der Waals surface area contributed by atoms with E-state index in [0.717, 1.165) is 30.6 Å². The SMILES string of the molecule is Cl.NCC1CCCCN1C(=O)CSCc1coc(-c2ccccc2)n1. The van der Waals surface area contributed by atoms with E-state index in [4.69, 9.17) is 10.2 Å². The van der Waals surface area contributed by atoms with Crippen LogP contribution in [0.2, 0.25) is 0 Å². The number of nitrogens with zero attached hydrogens (tertiary/aromatic N) is 2. The standard InChI is InChI=1S/C18H23N3O2S.ClH/c19-10-16-8-4-5-9-21(16)17(22)13-24-12-15-11-23-18(20-15)14-6-2-1-3-7-14;/h1-3,6-7,11,16H,4-5,8-10,12-13,19H2;1H. The Morgan fingerprint density at radius 2 is 2.12 bits per heavy atom. The van der Waals surface area contributed by atoms with Crippen LogP contribution in [0.1, 0.15) is 25.0 Å². The van der Waals surface area contributed by atoms with Gasteiger partial charge in [-0.05, 0) is 31.4 Å². The number of benzene rings is 1. The van der Waals surface area contributed by atoms with Crippen molar-refractivity contribution in [2.75, 3.05) is 18.8 Å². The average molecular weight is 382 g/mol. The highest BCUT2D eigenvalue weighted by Crippen LogP contribution is 2.22. The summed E-state index contributed by atoms with van der Waals surface area (Å²) in [4.78, 5) is 18.8. The molecule has 2 N–H and O–H groups in total. The molecule has 1 aliphatic heterocycles. The summed E-state index contributed by atoms with van der Waals surface area (Å²) in [5.41, 5.74) is 7.61. The zero-order valence-electron chi connectivity index (χ0n) is 14.1. The summed E-state index contributed by atoms with van der Waals surface area (Å²) in [6, 6.07) is 10.0. The van der Waals surface area contributed by atoms with Crippen molar-refractivity contribution >= 4 is 30.1 Å². The van der Waals surface area contributed by atoms with Crippen molar-refractivity contribution in [1.82, 2.24) is 9.88 Å². The van der Waals surface area contributed by atoms with Gasteiger partial charge in [0, 0.05) is 30.4 Å². The number of oxazole rings is 1. The molecule has 0 bridgehead atoms. The maximum absolute atomic E-state index is 12.4. The molecule has 1 atom stereocenters. The number of halogens is 1. The van der Waals surface area contributed by atoms with Gasteiger partial charge >= 0.3 is 0 Å². The summed E-state index contributed by atoms with van der Waals surface area (Å²) in [7, 11) is 0. The van der Waals surface area contributed by atoms with E-state index in [1.54, 1.807) is 18.0 Å². The maximum atomic E-state index is 12.4. The number of carbonyl (C=O) groups is 1. The third kappa shape index (κ3) is 5.23. The Kier molecular flexibility index (Phi) is 7.81. The van der Waals surface area contributed by atoms with Gasteiger partial charge in [-0.25, -0.2) is 4.98 Å². The van der Waals surface area contributed by atoms with E-state index in [2.05, 4.69) is 4.98 Å². The van der Waals surface area contributed by atoms with E-state index < -0.39 is 0 Å². The van der Waals surface area contributed by atoms with Crippen molar-refractivity contribution in [2.45, 2.75) is 31.1 Å². The molecule has 2 heterocycles. The molecule has 1 aromatic heterocycles. The summed E-state index contributed by atoms with van der Waals surface area (Å²) in [5, 5.41) is 0. The molecule has 3 rings (SSSR count). The predicted molar refractivity (Wildman–Crippen MR) is 104 cm³/mol. The normalized spacial score (nSPS) is 17.2. The zero-order valence-corrected chi connectivity index (χ0v) is 15.7. The van der Waals surface area contributed by atoms with E-state index >= 15 is 0 Å². The number of carbonyl (C=O) groups excluding carboxylic acids is 1. The Morgan fingerprint density at radius 3 is 2.88 bits per heavy atom. The molecule has 0 saturated carbocycles. The fraction of sp³-hybridized carbons (Fsp3) is 0.444. The first kappa shape index (κ1) is 19.8. The first-order valence-corrected chi connectivity index (χ1v) is 9.50. The van der Waals surface area contributed by atoms with Crippen LogP contribution in [0, 0.1) is 0 Å². The third-order valence-corrected chi connectivity index (χ3v) is 5.22. The smallest absolute Gasteiger partial charge is 0.232 e. The Balaban J connectivity index is 0.00000225. The molecule has 0 aliphatic carbocycles. The van der Waals surface area contributed by atoms with Crippen molar-refractivity contribution in [3.63, 3.8) is 0 Å². The van der Waals surface area contributed by atoms with Crippen LogP contribution in [0.25, 0.3) is 11.5 Å². The van der Waals surface area contributed by atoms with Gasteiger partial charge in [0.25, 0.3) is 0 Å². The summed E-state index contributed by atoms with van der Waals surface area (Å²) < 4.78 is 5.52. The van der Waals surface area contributed by atoms with Gasteiger partial charge in [0.1, 0.15) is 6.26 Å². The molecule has 0 spiro atoms. The van der Waals surface area contributed by atoms with Crippen molar-refractivity contribution in [3.8, 4) is 11.5 Å². The highest BCUT2D eigenvalue weighted by atomic mass is 35.5. The Morgan fingerprint density at radius 1 is 1.32 bits per heavy atom. The molecule has 2 aromatic rings. The molecule has 1 aromatic carbocycles. The van der Waals surface area contributed by atoms with E-state index in [-0.39, 0.29) is 24.4 Å². The molecule has 5 nitrogen and oxygen atoms in total. The second kappa shape index (κ2) is 9.85. The van der Waals surface area contributed by atoms with E-state index in [1.807, 2.05) is 35.2 Å². The Hall–Kier alpha value is -1.50. The molecule has 1 aliphatic rings. The largest absolute Gasteiger partial charge is 0.444 e. The van der Waals surface area contributed by atoms with Crippen LogP contribution in [0.3, 0.4) is 0 Å². The number of hydrogen-bond donors (Lipinski definition) is 1. The molecule has 1 saturated heterocycles. The van der Waals surface area contributed by atoms with Gasteiger partial charge in [-0.1, -0.05) is 18.2 Å². The van der Waals surface area contributed by atoms with Gasteiger partial charge in [-0.3, -0.25) is 4.79 Å². The third-order valence-electron chi connectivity index (χ3n) is 4.27. The summed E-state index contributed by atoms with van der Waals surface area (Å²) in [6.45, 7) is 1.39. The Labute approximate surface area is 158 Å². The van der Waals surface area contributed by atoms with Crippen molar-refractivity contribution in [2.24, 2.45) is 5.73 Å². The fourth-order valence-corrected chi connectivity index (χ4v) is 3.77. The lowest BCUT2D eigenvalue weighted by molar-refractivity contribution is -0.131. The van der Waals surface area contributed by atoms with Gasteiger partial charge in [-0.15, -0.1) is 24.2 Å². The van der Waals surface area contributed by atoms with Crippen molar-refractivity contribution < 1.29 is 9.21 Å². The lowest BCUT2D eigenvalue weighted by Gasteiger charge is -2.35. The highest BCUT2D eigenvalue weighted by Gasteiger charge is 2.25. The van der Waals surface area contributed by atoms with Crippen LogP contribution in [0.4, 0.5) is 0 Å². The molecule has 7 heteroatoms. The molecular formula is C18H24ClN3O2S. The van der Waals surface area contributed by atoms with Gasteiger partial charge in [0.15, 0.2) is 0 Å². The molecule has 25 heavy (non-hydrogen) atoms. The van der Waals surface area contributed by atoms with Crippen molar-refractivity contribution in [1.29, 1.82) is 0 Å². The minimum absolute atomic E-state index is 0. The molecule has 0 radical (unpaired) electrons. The first-order valence-electron chi connectivity index (χ1n) is 8.35. The summed E-state index contributed by atoms with van der Waals surface area (Å²) in [5.74, 6) is 1.94. The number of rotatable bonds is 6. The van der Waals surface area contributed by atoms with Crippen LogP contribution >= 0.6 is 24.2 Å². The van der Waals surface area contributed by atoms with Gasteiger partial charge in [0.2, 0.25) is 11.8 Å². The van der Waals surface area contributed by atoms with Gasteiger partial charge < -0.3 is 15.1 Å². The van der Waals surface area contributed by atoms with Crippen LogP contribution in [0.15, 0.2) is 41.0 Å². The monoisotopic (exact) mass is 381 g/mol. The lowest BCUT2D eigenvalue weighted by Crippen LogP contribution is -2.48. The lowest BCUT2D eigenvalue weighted by atomic mass is 10.0. The second-order valence-corrected chi connectivity index (χ2v) is 6.96. The number of amides is 1. The number of piperidine rings is 1. The first-order chi connectivity index (χ1) is 11.8.